The molecule has 3 heterocycles. The number of hydrogen-bond acceptors (Lipinski definition) is 7. The lowest BCUT2D eigenvalue weighted by atomic mass is 9.23. The van der Waals surface area contributed by atoms with Crippen molar-refractivity contribution in [2.24, 2.45) is 40.4 Å². The fraction of sp³-hybridized carbons (Fsp3) is 0.708. The van der Waals surface area contributed by atoms with Gasteiger partial charge >= 0.3 is 0 Å². The van der Waals surface area contributed by atoms with Crippen LogP contribution in [-0.4, -0.2) is 45.4 Å². The molecule has 8 heteroatoms. The minimum atomic E-state index is -1.87. The average Bonchev–Trinajstić information content (AvgIpc) is 3.08. The van der Waals surface area contributed by atoms with Gasteiger partial charge in [-0.15, -0.1) is 11.3 Å². The number of aromatic nitrogens is 1. The maximum Gasteiger partial charge on any atom is 0.223 e. The Labute approximate surface area is 190 Å². The molecule has 2 bridgehead atoms. The van der Waals surface area contributed by atoms with E-state index in [4.69, 9.17) is 9.72 Å². The number of hydrogen-bond donors (Lipinski definition) is 3. The monoisotopic (exact) mass is 456 g/mol. The van der Waals surface area contributed by atoms with Crippen LogP contribution >= 0.6 is 11.3 Å². The summed E-state index contributed by atoms with van der Waals surface area (Å²) < 4.78 is 6.18. The molecule has 5 aliphatic carbocycles. The second-order valence-corrected chi connectivity index (χ2v) is 12.7. The van der Waals surface area contributed by atoms with Gasteiger partial charge < -0.3 is 20.3 Å². The molecule has 3 N–H and O–H groups in total. The third-order valence-corrected chi connectivity index (χ3v) is 11.1. The number of nitrogens with zero attached hydrogens (tertiary/aromatic N) is 1. The summed E-state index contributed by atoms with van der Waals surface area (Å²) in [4.78, 5) is 31.5. The number of thiazole rings is 1. The molecule has 4 unspecified atom stereocenters. The van der Waals surface area contributed by atoms with Crippen molar-refractivity contribution >= 4 is 28.2 Å². The molecule has 2 saturated heterocycles. The van der Waals surface area contributed by atoms with E-state index in [1.807, 2.05) is 0 Å². The highest BCUT2D eigenvalue weighted by molar-refractivity contribution is 7.15. The van der Waals surface area contributed by atoms with Gasteiger partial charge in [-0.1, -0.05) is 26.0 Å². The number of anilines is 1. The number of carbonyl (C=O) groups excluding carboxylic acids is 2. The zero-order valence-corrected chi connectivity index (χ0v) is 19.3. The average molecular weight is 457 g/mol. The number of ketones is 1. The fourth-order valence-electron chi connectivity index (χ4n) is 9.38. The van der Waals surface area contributed by atoms with E-state index in [2.05, 4.69) is 25.7 Å². The van der Waals surface area contributed by atoms with Crippen molar-refractivity contribution < 1.29 is 24.5 Å². The first-order chi connectivity index (χ1) is 15.0. The van der Waals surface area contributed by atoms with Gasteiger partial charge in [-0.2, -0.15) is 0 Å². The summed E-state index contributed by atoms with van der Waals surface area (Å²) in [5.74, 6) is -2.50. The van der Waals surface area contributed by atoms with Gasteiger partial charge in [0.05, 0.1) is 17.7 Å². The van der Waals surface area contributed by atoms with Crippen molar-refractivity contribution in [1.29, 1.82) is 0 Å². The highest BCUT2D eigenvalue weighted by Gasteiger charge is 2.91. The number of allylic oxidation sites excluding steroid dienone is 1. The van der Waals surface area contributed by atoms with E-state index in [9.17, 15) is 19.8 Å². The molecule has 7 aliphatic rings. The number of aliphatic hydroxyl groups is 2. The molecule has 0 radical (unpaired) electrons. The second-order valence-electron chi connectivity index (χ2n) is 11.6. The van der Waals surface area contributed by atoms with E-state index in [1.54, 1.807) is 0 Å². The molecule has 9 atom stereocenters. The van der Waals surface area contributed by atoms with Crippen LogP contribution in [0.3, 0.4) is 0 Å². The Balaban J connectivity index is 1.49. The highest BCUT2D eigenvalue weighted by Crippen LogP contribution is 2.83. The zero-order chi connectivity index (χ0) is 22.6. The van der Waals surface area contributed by atoms with Gasteiger partial charge in [0.25, 0.3) is 0 Å². The molecular weight excluding hydrogens is 428 g/mol. The number of aliphatic hydroxyl groups excluding tert-OH is 1. The zero-order valence-electron chi connectivity index (χ0n) is 18.5. The Bertz CT molecular complexity index is 1140. The van der Waals surface area contributed by atoms with Crippen molar-refractivity contribution in [2.45, 2.75) is 57.3 Å². The smallest absolute Gasteiger partial charge is 0.223 e. The number of Topliss-reactive ketones (excluding diaryl/α,β-unsaturated/α-hetero) is 1. The molecule has 1 aromatic rings. The molecule has 8 rings (SSSR count). The minimum Gasteiger partial charge on any atom is -0.387 e. The van der Waals surface area contributed by atoms with Gasteiger partial charge in [0, 0.05) is 29.1 Å². The normalized spacial score (nSPS) is 50.9. The van der Waals surface area contributed by atoms with Crippen LogP contribution < -0.4 is 5.32 Å². The summed E-state index contributed by atoms with van der Waals surface area (Å²) in [5.41, 5.74) is -0.259. The van der Waals surface area contributed by atoms with Crippen molar-refractivity contribution in [1.82, 2.24) is 4.98 Å². The summed E-state index contributed by atoms with van der Waals surface area (Å²) in [5, 5.41) is 27.1. The topological polar surface area (TPSA) is 109 Å². The number of carbonyl (C=O) groups is 2. The van der Waals surface area contributed by atoms with Crippen LogP contribution in [-0.2, 0) is 26.2 Å². The molecule has 1 aromatic heterocycles. The van der Waals surface area contributed by atoms with Gasteiger partial charge in [0.1, 0.15) is 6.10 Å². The first kappa shape index (κ1) is 19.8. The Morgan fingerprint density at radius 2 is 2.09 bits per heavy atom. The third-order valence-electron chi connectivity index (χ3n) is 10.1. The Morgan fingerprint density at radius 1 is 1.34 bits per heavy atom. The molecule has 4 saturated carbocycles. The quantitative estimate of drug-likeness (QED) is 0.558. The van der Waals surface area contributed by atoms with Crippen LogP contribution in [0.15, 0.2) is 12.2 Å². The lowest BCUT2D eigenvalue weighted by Crippen LogP contribution is -2.92. The van der Waals surface area contributed by atoms with Gasteiger partial charge in [-0.05, 0) is 42.4 Å². The SMILES string of the molecule is C=C1C2CCC3[C@@]45CO[C@](O)([C@@H](O)C4C(C)(C)Cc4sc(NC(C)=O)nc45)[C@]34C(=O)C1[C@H]24. The van der Waals surface area contributed by atoms with Gasteiger partial charge in [-0.3, -0.25) is 9.59 Å². The van der Waals surface area contributed by atoms with Crippen molar-refractivity contribution in [3.8, 4) is 0 Å². The Kier molecular flexibility index (Phi) is 3.33. The van der Waals surface area contributed by atoms with Gasteiger partial charge in [0.2, 0.25) is 11.7 Å². The van der Waals surface area contributed by atoms with E-state index in [-0.39, 0.29) is 53.3 Å². The van der Waals surface area contributed by atoms with Crippen molar-refractivity contribution in [2.75, 3.05) is 11.9 Å². The lowest BCUT2D eigenvalue weighted by molar-refractivity contribution is -0.448. The minimum absolute atomic E-state index is 0.00484. The lowest BCUT2D eigenvalue weighted by Gasteiger charge is -2.82. The van der Waals surface area contributed by atoms with E-state index in [1.165, 1.54) is 18.3 Å². The van der Waals surface area contributed by atoms with E-state index < -0.39 is 22.7 Å². The Morgan fingerprint density at radius 3 is 2.81 bits per heavy atom. The number of rotatable bonds is 1. The molecule has 2 spiro atoms. The maximum atomic E-state index is 13.7. The van der Waals surface area contributed by atoms with Crippen LogP contribution in [0.5, 0.6) is 0 Å². The van der Waals surface area contributed by atoms with Gasteiger partial charge in [-0.25, -0.2) is 4.98 Å². The summed E-state index contributed by atoms with van der Waals surface area (Å²) in [6, 6.07) is 0. The molecule has 7 nitrogen and oxygen atoms in total. The predicted octanol–water partition coefficient (Wildman–Crippen LogP) is 2.03. The molecule has 32 heavy (non-hydrogen) atoms. The standard InChI is InChI=1S/C24H28N2O5S/c1-9-11-5-6-13-22-8-31-24(30,23(13)15(11)14(9)18(23)28)19(29)16(22)21(3,4)7-12-17(22)26-20(32-12)25-10(2)27/h11,13-16,19,29-30H,1,5-8H2,2-4H3,(H,25,26,27)/t11?,13?,14?,15-,16?,19-,22-,23+,24+/m0/s1. The van der Waals surface area contributed by atoms with Crippen LogP contribution in [0.2, 0.25) is 0 Å². The van der Waals surface area contributed by atoms with E-state index >= 15 is 0 Å². The molecular formula is C24H28N2O5S. The molecule has 0 aromatic carbocycles. The highest BCUT2D eigenvalue weighted by atomic mass is 32.1. The van der Waals surface area contributed by atoms with Crippen LogP contribution in [0.4, 0.5) is 5.13 Å². The third kappa shape index (κ3) is 1.69. The summed E-state index contributed by atoms with van der Waals surface area (Å²) >= 11 is 1.48. The summed E-state index contributed by atoms with van der Waals surface area (Å²) in [6.07, 6.45) is 1.23. The first-order valence-corrected chi connectivity index (χ1v) is 12.4. The number of amides is 1. The number of ether oxygens (including phenoxy) is 1. The van der Waals surface area contributed by atoms with Gasteiger partial charge in [0.15, 0.2) is 10.9 Å². The Hall–Kier alpha value is -1.61. The maximum absolute atomic E-state index is 13.7. The number of nitrogens with one attached hydrogen (secondary N) is 1. The van der Waals surface area contributed by atoms with Crippen LogP contribution in [0.1, 0.15) is 44.2 Å². The second kappa shape index (κ2) is 5.37. The van der Waals surface area contributed by atoms with Crippen LogP contribution in [0, 0.1) is 40.4 Å². The predicted molar refractivity (Wildman–Crippen MR) is 116 cm³/mol. The molecule has 6 fully saturated rings. The summed E-state index contributed by atoms with van der Waals surface area (Å²) in [6.45, 7) is 10.1. The van der Waals surface area contributed by atoms with Crippen LogP contribution in [0.25, 0.3) is 0 Å². The fourth-order valence-corrected chi connectivity index (χ4v) is 10.7. The number of fused-ring (bicyclic) bond motifs is 2. The first-order valence-electron chi connectivity index (χ1n) is 11.6. The van der Waals surface area contributed by atoms with E-state index in [0.29, 0.717) is 11.6 Å². The van der Waals surface area contributed by atoms with Crippen molar-refractivity contribution in [3.63, 3.8) is 0 Å². The van der Waals surface area contributed by atoms with E-state index in [0.717, 1.165) is 29.0 Å². The largest absolute Gasteiger partial charge is 0.387 e. The molecule has 1 amide bonds. The summed E-state index contributed by atoms with van der Waals surface area (Å²) in [7, 11) is 0. The van der Waals surface area contributed by atoms with Crippen molar-refractivity contribution in [3.05, 3.63) is 22.7 Å². The molecule has 2 aliphatic heterocycles. The molecule has 170 valence electrons.